The van der Waals surface area contributed by atoms with Crippen LogP contribution in [0.25, 0.3) is 27.7 Å². The van der Waals surface area contributed by atoms with Crippen molar-refractivity contribution in [2.75, 3.05) is 5.73 Å². The summed E-state index contributed by atoms with van der Waals surface area (Å²) in [6, 6.07) is 14.3. The largest absolute Gasteiger partial charge is 0.384 e. The highest BCUT2D eigenvalue weighted by Gasteiger charge is 2.12. The number of halogens is 1. The van der Waals surface area contributed by atoms with Gasteiger partial charge < -0.3 is 5.73 Å². The van der Waals surface area contributed by atoms with Crippen molar-refractivity contribution >= 4 is 22.2 Å². The Bertz CT molecular complexity index is 975. The van der Waals surface area contributed by atoms with Gasteiger partial charge in [0, 0.05) is 17.8 Å². The van der Waals surface area contributed by atoms with E-state index in [9.17, 15) is 4.39 Å². The van der Waals surface area contributed by atoms with E-state index in [1.165, 1.54) is 10.6 Å². The second-order valence-electron chi connectivity index (χ2n) is 4.85. The van der Waals surface area contributed by atoms with Crippen molar-refractivity contribution in [1.82, 2.24) is 14.6 Å². The normalized spacial score (nSPS) is 11.3. The number of benzene rings is 2. The van der Waals surface area contributed by atoms with E-state index >= 15 is 0 Å². The fourth-order valence-corrected chi connectivity index (χ4v) is 2.45. The van der Waals surface area contributed by atoms with Crippen LogP contribution in [0.4, 0.5) is 10.2 Å². The summed E-state index contributed by atoms with van der Waals surface area (Å²) in [6.07, 6.45) is 1.60. The van der Waals surface area contributed by atoms with Gasteiger partial charge >= 0.3 is 0 Å². The van der Waals surface area contributed by atoms with Crippen molar-refractivity contribution in [2.24, 2.45) is 0 Å². The summed E-state index contributed by atoms with van der Waals surface area (Å²) in [5.74, 6) is 0.156. The van der Waals surface area contributed by atoms with E-state index in [0.29, 0.717) is 22.7 Å². The zero-order valence-electron chi connectivity index (χ0n) is 11.0. The molecule has 0 unspecified atom stereocenters. The zero-order chi connectivity index (χ0) is 14.4. The summed E-state index contributed by atoms with van der Waals surface area (Å²) in [4.78, 5) is 4.18. The van der Waals surface area contributed by atoms with Crippen LogP contribution in [0.3, 0.4) is 0 Å². The van der Waals surface area contributed by atoms with Crippen LogP contribution in [-0.2, 0) is 0 Å². The van der Waals surface area contributed by atoms with Crippen LogP contribution >= 0.6 is 0 Å². The fraction of sp³-hybridized carbons (Fsp3) is 0. The van der Waals surface area contributed by atoms with E-state index in [1.54, 1.807) is 24.4 Å². The number of nitrogens with two attached hydrogens (primary N) is 1. The quantitative estimate of drug-likeness (QED) is 0.581. The molecule has 2 heterocycles. The Labute approximate surface area is 119 Å². The Morgan fingerprint density at radius 2 is 1.76 bits per heavy atom. The van der Waals surface area contributed by atoms with E-state index in [-0.39, 0.29) is 5.82 Å². The van der Waals surface area contributed by atoms with E-state index in [4.69, 9.17) is 5.73 Å². The lowest BCUT2D eigenvalue weighted by Gasteiger charge is -2.03. The minimum absolute atomic E-state index is 0.310. The standard InChI is InChI=1S/C16H11FN4/c17-13-8-11-4-2-1-3-10(11)7-12(13)14-9-16-19-6-5-15(18)21(16)20-14/h1-9H,18H2. The molecular weight excluding hydrogens is 267 g/mol. The van der Waals surface area contributed by atoms with E-state index in [2.05, 4.69) is 10.1 Å². The number of hydrogen-bond acceptors (Lipinski definition) is 3. The van der Waals surface area contributed by atoms with Crippen LogP contribution in [0.15, 0.2) is 54.7 Å². The third-order valence-electron chi connectivity index (χ3n) is 3.50. The van der Waals surface area contributed by atoms with Gasteiger partial charge in [-0.1, -0.05) is 24.3 Å². The highest BCUT2D eigenvalue weighted by Crippen LogP contribution is 2.27. The van der Waals surface area contributed by atoms with E-state index in [1.807, 2.05) is 24.3 Å². The molecule has 2 N–H and O–H groups in total. The van der Waals surface area contributed by atoms with Crippen LogP contribution in [-0.4, -0.2) is 14.6 Å². The smallest absolute Gasteiger partial charge is 0.157 e. The molecule has 2 aromatic carbocycles. The van der Waals surface area contributed by atoms with Gasteiger partial charge in [-0.15, -0.1) is 0 Å². The van der Waals surface area contributed by atoms with Crippen LogP contribution < -0.4 is 5.73 Å². The molecule has 0 atom stereocenters. The Balaban J connectivity index is 1.99. The molecule has 4 nitrogen and oxygen atoms in total. The maximum atomic E-state index is 14.3. The third-order valence-corrected chi connectivity index (χ3v) is 3.50. The van der Waals surface area contributed by atoms with Crippen LogP contribution in [0.1, 0.15) is 0 Å². The molecular formula is C16H11FN4. The third kappa shape index (κ3) is 1.82. The topological polar surface area (TPSA) is 56.2 Å². The molecule has 0 radical (unpaired) electrons. The van der Waals surface area contributed by atoms with Gasteiger partial charge in [0.15, 0.2) is 5.65 Å². The summed E-state index contributed by atoms with van der Waals surface area (Å²) < 4.78 is 15.8. The monoisotopic (exact) mass is 278 g/mol. The average Bonchev–Trinajstić information content (AvgIpc) is 2.92. The summed E-state index contributed by atoms with van der Waals surface area (Å²) in [6.45, 7) is 0. The Kier molecular flexibility index (Phi) is 2.41. The summed E-state index contributed by atoms with van der Waals surface area (Å²) in [7, 11) is 0. The number of rotatable bonds is 1. The molecule has 0 aliphatic rings. The minimum Gasteiger partial charge on any atom is -0.384 e. The highest BCUT2D eigenvalue weighted by atomic mass is 19.1. The maximum Gasteiger partial charge on any atom is 0.157 e. The highest BCUT2D eigenvalue weighted by molar-refractivity contribution is 5.87. The maximum absolute atomic E-state index is 14.3. The number of hydrogen-bond donors (Lipinski definition) is 1. The lowest BCUT2D eigenvalue weighted by molar-refractivity contribution is 0.632. The molecule has 0 saturated heterocycles. The molecule has 0 aliphatic heterocycles. The molecule has 5 heteroatoms. The van der Waals surface area contributed by atoms with Gasteiger partial charge in [-0.3, -0.25) is 0 Å². The number of fused-ring (bicyclic) bond motifs is 2. The van der Waals surface area contributed by atoms with E-state index < -0.39 is 0 Å². The van der Waals surface area contributed by atoms with Gasteiger partial charge in [0.1, 0.15) is 11.6 Å². The Morgan fingerprint density at radius 3 is 2.52 bits per heavy atom. The first-order valence-corrected chi connectivity index (χ1v) is 6.51. The SMILES string of the molecule is Nc1ccnc2cc(-c3cc4ccccc4cc3F)nn12. The van der Waals surface area contributed by atoms with Crippen molar-refractivity contribution in [1.29, 1.82) is 0 Å². The lowest BCUT2D eigenvalue weighted by Crippen LogP contribution is -1.98. The number of nitrogen functional groups attached to an aromatic ring is 1. The van der Waals surface area contributed by atoms with Crippen LogP contribution in [0.5, 0.6) is 0 Å². The van der Waals surface area contributed by atoms with Crippen LogP contribution in [0, 0.1) is 5.82 Å². The molecule has 4 aromatic rings. The van der Waals surface area contributed by atoms with Gasteiger partial charge in [-0.25, -0.2) is 9.37 Å². The first-order valence-electron chi connectivity index (χ1n) is 6.51. The average molecular weight is 278 g/mol. The molecule has 0 fully saturated rings. The van der Waals surface area contributed by atoms with E-state index in [0.717, 1.165) is 10.8 Å². The van der Waals surface area contributed by atoms with Crippen molar-refractivity contribution in [3.8, 4) is 11.3 Å². The fourth-order valence-electron chi connectivity index (χ4n) is 2.45. The predicted molar refractivity (Wildman–Crippen MR) is 80.3 cm³/mol. The zero-order valence-corrected chi connectivity index (χ0v) is 11.0. The second kappa shape index (κ2) is 4.28. The number of nitrogens with zero attached hydrogens (tertiary/aromatic N) is 3. The first-order chi connectivity index (χ1) is 10.2. The van der Waals surface area contributed by atoms with Crippen molar-refractivity contribution < 1.29 is 4.39 Å². The van der Waals surface area contributed by atoms with Crippen molar-refractivity contribution in [3.05, 3.63) is 60.5 Å². The van der Waals surface area contributed by atoms with Gasteiger partial charge in [-0.05, 0) is 29.0 Å². The van der Waals surface area contributed by atoms with Gasteiger partial charge in [0.2, 0.25) is 0 Å². The molecule has 0 saturated carbocycles. The molecule has 2 aromatic heterocycles. The lowest BCUT2D eigenvalue weighted by atomic mass is 10.0. The molecule has 0 bridgehead atoms. The van der Waals surface area contributed by atoms with Crippen LogP contribution in [0.2, 0.25) is 0 Å². The number of aromatic nitrogens is 3. The number of anilines is 1. The summed E-state index contributed by atoms with van der Waals surface area (Å²) in [5, 5.41) is 6.17. The first kappa shape index (κ1) is 11.8. The molecule has 4 rings (SSSR count). The molecule has 0 amide bonds. The van der Waals surface area contributed by atoms with Gasteiger partial charge in [0.05, 0.1) is 5.69 Å². The van der Waals surface area contributed by atoms with Gasteiger partial charge in [-0.2, -0.15) is 9.61 Å². The Morgan fingerprint density at radius 1 is 1.00 bits per heavy atom. The molecule has 0 aliphatic carbocycles. The molecule has 0 spiro atoms. The Hall–Kier alpha value is -2.95. The van der Waals surface area contributed by atoms with Gasteiger partial charge in [0.25, 0.3) is 0 Å². The summed E-state index contributed by atoms with van der Waals surface area (Å²) in [5.41, 5.74) is 7.40. The van der Waals surface area contributed by atoms with Crippen molar-refractivity contribution in [3.63, 3.8) is 0 Å². The molecule has 102 valence electrons. The van der Waals surface area contributed by atoms with Crippen molar-refractivity contribution in [2.45, 2.75) is 0 Å². The minimum atomic E-state index is -0.310. The second-order valence-corrected chi connectivity index (χ2v) is 4.85. The predicted octanol–water partition coefficient (Wildman–Crippen LogP) is 3.27. The molecule has 21 heavy (non-hydrogen) atoms. The summed E-state index contributed by atoms with van der Waals surface area (Å²) >= 11 is 0.